The average Bonchev–Trinajstić information content (AvgIpc) is 2.89. The highest BCUT2D eigenvalue weighted by molar-refractivity contribution is 5.93. The lowest BCUT2D eigenvalue weighted by Gasteiger charge is -2.25. The molecule has 2 heteroatoms. The smallest absolute Gasteiger partial charge is 0.251 e. The molecule has 2 aliphatic carbocycles. The zero-order valence-electron chi connectivity index (χ0n) is 8.73. The van der Waals surface area contributed by atoms with E-state index in [1.165, 1.54) is 12.8 Å². The Morgan fingerprint density at radius 3 is 2.73 bits per heavy atom. The molecule has 0 aromatic rings. The highest BCUT2D eigenvalue weighted by Crippen LogP contribution is 2.44. The van der Waals surface area contributed by atoms with E-state index >= 15 is 0 Å². The molecule has 1 heterocycles. The van der Waals surface area contributed by atoms with Crippen LogP contribution in [0.4, 0.5) is 0 Å². The van der Waals surface area contributed by atoms with Crippen molar-refractivity contribution in [3.8, 4) is 0 Å². The van der Waals surface area contributed by atoms with Crippen LogP contribution in [0.1, 0.15) is 12.8 Å². The van der Waals surface area contributed by atoms with Crippen molar-refractivity contribution in [3.63, 3.8) is 0 Å². The van der Waals surface area contributed by atoms with Gasteiger partial charge in [0.15, 0.2) is 0 Å². The number of nitrogens with zero attached hydrogens (tertiary/aromatic N) is 1. The zero-order valence-corrected chi connectivity index (χ0v) is 8.73. The van der Waals surface area contributed by atoms with Gasteiger partial charge in [-0.1, -0.05) is 18.7 Å². The van der Waals surface area contributed by atoms with Crippen molar-refractivity contribution < 1.29 is 4.79 Å². The predicted octanol–water partition coefficient (Wildman–Crippen LogP) is 2.11. The van der Waals surface area contributed by atoms with Crippen molar-refractivity contribution in [1.82, 2.24) is 4.90 Å². The van der Waals surface area contributed by atoms with E-state index in [1.54, 1.807) is 6.08 Å². The van der Waals surface area contributed by atoms with Gasteiger partial charge in [0.2, 0.25) is 0 Å². The Bertz CT molecular complexity index is 362. The maximum atomic E-state index is 11.5. The molecule has 0 radical (unpaired) electrons. The quantitative estimate of drug-likeness (QED) is 0.627. The summed E-state index contributed by atoms with van der Waals surface area (Å²) in [6.07, 6.45) is 10.6. The topological polar surface area (TPSA) is 20.3 Å². The molecule has 2 nitrogen and oxygen atoms in total. The maximum Gasteiger partial charge on any atom is 0.251 e. The van der Waals surface area contributed by atoms with E-state index < -0.39 is 0 Å². The Morgan fingerprint density at radius 2 is 2.20 bits per heavy atom. The first kappa shape index (κ1) is 8.96. The van der Waals surface area contributed by atoms with Crippen LogP contribution in [-0.2, 0) is 4.79 Å². The first-order valence-electron chi connectivity index (χ1n) is 5.61. The van der Waals surface area contributed by atoms with E-state index in [0.717, 1.165) is 18.2 Å². The summed E-state index contributed by atoms with van der Waals surface area (Å²) >= 11 is 0. The predicted molar refractivity (Wildman–Crippen MR) is 58.8 cm³/mol. The third kappa shape index (κ3) is 1.36. The summed E-state index contributed by atoms with van der Waals surface area (Å²) in [6, 6.07) is 0. The van der Waals surface area contributed by atoms with Crippen LogP contribution in [0.25, 0.3) is 0 Å². The SMILES string of the molecule is C=C1C=CC(=O)N1CC1CC2C=CC1C2. The van der Waals surface area contributed by atoms with Crippen LogP contribution in [0.3, 0.4) is 0 Å². The fraction of sp³-hybridized carbons (Fsp3) is 0.462. The molecule has 0 saturated heterocycles. The Hall–Kier alpha value is -1.31. The van der Waals surface area contributed by atoms with Gasteiger partial charge < -0.3 is 4.90 Å². The monoisotopic (exact) mass is 201 g/mol. The zero-order chi connectivity index (χ0) is 10.4. The molecule has 0 spiro atoms. The van der Waals surface area contributed by atoms with Gasteiger partial charge in [0, 0.05) is 18.3 Å². The summed E-state index contributed by atoms with van der Waals surface area (Å²) in [7, 11) is 0. The second-order valence-electron chi connectivity index (χ2n) is 4.81. The van der Waals surface area contributed by atoms with Crippen molar-refractivity contribution in [2.45, 2.75) is 12.8 Å². The molecule has 1 amide bonds. The van der Waals surface area contributed by atoms with Crippen molar-refractivity contribution in [3.05, 3.63) is 36.6 Å². The molecule has 3 unspecified atom stereocenters. The van der Waals surface area contributed by atoms with E-state index in [2.05, 4.69) is 18.7 Å². The number of carbonyl (C=O) groups excluding carboxylic acids is 1. The molecule has 0 N–H and O–H groups in total. The van der Waals surface area contributed by atoms with Crippen molar-refractivity contribution in [2.75, 3.05) is 6.54 Å². The lowest BCUT2D eigenvalue weighted by Crippen LogP contribution is -2.31. The summed E-state index contributed by atoms with van der Waals surface area (Å²) in [6.45, 7) is 4.75. The molecule has 0 aromatic carbocycles. The molecule has 1 aliphatic heterocycles. The minimum atomic E-state index is 0.103. The Labute approximate surface area is 90.0 Å². The molecule has 1 fully saturated rings. The number of hydrogen-bond acceptors (Lipinski definition) is 1. The van der Waals surface area contributed by atoms with Gasteiger partial charge in [-0.25, -0.2) is 0 Å². The summed E-state index contributed by atoms with van der Waals surface area (Å²) < 4.78 is 0. The van der Waals surface area contributed by atoms with E-state index in [0.29, 0.717) is 11.8 Å². The average molecular weight is 201 g/mol. The van der Waals surface area contributed by atoms with Gasteiger partial charge in [0.1, 0.15) is 0 Å². The highest BCUT2D eigenvalue weighted by Gasteiger charge is 2.37. The third-order valence-corrected chi connectivity index (χ3v) is 3.86. The van der Waals surface area contributed by atoms with E-state index in [4.69, 9.17) is 0 Å². The van der Waals surface area contributed by atoms with Crippen molar-refractivity contribution in [2.24, 2.45) is 17.8 Å². The van der Waals surface area contributed by atoms with E-state index in [-0.39, 0.29) is 5.91 Å². The standard InChI is InChI=1S/C13H15NO/c1-9-2-5-13(15)14(9)8-12-7-10-3-4-11(12)6-10/h2-5,10-12H,1,6-8H2. The summed E-state index contributed by atoms with van der Waals surface area (Å²) in [5.41, 5.74) is 0.853. The largest absolute Gasteiger partial charge is 0.309 e. The number of amides is 1. The van der Waals surface area contributed by atoms with Gasteiger partial charge in [-0.2, -0.15) is 0 Å². The molecular weight excluding hydrogens is 186 g/mol. The van der Waals surface area contributed by atoms with E-state index in [9.17, 15) is 4.79 Å². The molecule has 2 bridgehead atoms. The third-order valence-electron chi connectivity index (χ3n) is 3.86. The molecule has 3 rings (SSSR count). The summed E-state index contributed by atoms with van der Waals surface area (Å²) in [5.74, 6) is 2.24. The van der Waals surface area contributed by atoms with E-state index in [1.807, 2.05) is 11.0 Å². The van der Waals surface area contributed by atoms with Crippen LogP contribution in [0.5, 0.6) is 0 Å². The maximum absolute atomic E-state index is 11.5. The van der Waals surface area contributed by atoms with Gasteiger partial charge in [-0.15, -0.1) is 0 Å². The summed E-state index contributed by atoms with van der Waals surface area (Å²) in [4.78, 5) is 13.4. The Balaban J connectivity index is 1.69. The van der Waals surface area contributed by atoms with Gasteiger partial charge >= 0.3 is 0 Å². The molecule has 15 heavy (non-hydrogen) atoms. The normalized spacial score (nSPS) is 37.3. The van der Waals surface area contributed by atoms with Crippen LogP contribution in [-0.4, -0.2) is 17.4 Å². The minimum Gasteiger partial charge on any atom is -0.309 e. The molecule has 3 atom stereocenters. The van der Waals surface area contributed by atoms with Gasteiger partial charge in [-0.05, 0) is 36.7 Å². The van der Waals surface area contributed by atoms with Crippen LogP contribution >= 0.6 is 0 Å². The van der Waals surface area contributed by atoms with Crippen LogP contribution in [0, 0.1) is 17.8 Å². The number of carbonyl (C=O) groups is 1. The van der Waals surface area contributed by atoms with Gasteiger partial charge in [0.05, 0.1) is 0 Å². The summed E-state index contributed by atoms with van der Waals surface area (Å²) in [5, 5.41) is 0. The minimum absolute atomic E-state index is 0.103. The Kier molecular flexibility index (Phi) is 1.84. The first-order chi connectivity index (χ1) is 7.24. The fourth-order valence-corrected chi connectivity index (χ4v) is 3.04. The van der Waals surface area contributed by atoms with Gasteiger partial charge in [-0.3, -0.25) is 4.79 Å². The number of fused-ring (bicyclic) bond motifs is 2. The first-order valence-corrected chi connectivity index (χ1v) is 5.61. The fourth-order valence-electron chi connectivity index (χ4n) is 3.04. The molecule has 78 valence electrons. The molecular formula is C13H15NO. The number of rotatable bonds is 2. The van der Waals surface area contributed by atoms with Crippen molar-refractivity contribution >= 4 is 5.91 Å². The van der Waals surface area contributed by atoms with Gasteiger partial charge in [0.25, 0.3) is 5.91 Å². The van der Waals surface area contributed by atoms with Crippen molar-refractivity contribution in [1.29, 1.82) is 0 Å². The lowest BCUT2D eigenvalue weighted by atomic mass is 9.93. The molecule has 0 aromatic heterocycles. The lowest BCUT2D eigenvalue weighted by molar-refractivity contribution is -0.123. The highest BCUT2D eigenvalue weighted by atomic mass is 16.2. The molecule has 3 aliphatic rings. The van der Waals surface area contributed by atoms with Crippen LogP contribution in [0.2, 0.25) is 0 Å². The van der Waals surface area contributed by atoms with Crippen LogP contribution < -0.4 is 0 Å². The second kappa shape index (κ2) is 3.09. The second-order valence-corrected chi connectivity index (χ2v) is 4.81. The molecule has 1 saturated carbocycles. The number of hydrogen-bond donors (Lipinski definition) is 0. The number of allylic oxidation sites excluding steroid dienone is 3. The Morgan fingerprint density at radius 1 is 1.33 bits per heavy atom. The van der Waals surface area contributed by atoms with Crippen LogP contribution in [0.15, 0.2) is 36.6 Å².